The van der Waals surface area contributed by atoms with E-state index in [0.29, 0.717) is 18.0 Å². The van der Waals surface area contributed by atoms with E-state index < -0.39 is 30.0 Å². The zero-order valence-corrected chi connectivity index (χ0v) is 12.1. The second-order valence-electron chi connectivity index (χ2n) is 5.26. The van der Waals surface area contributed by atoms with E-state index in [1.54, 1.807) is 30.4 Å². The van der Waals surface area contributed by atoms with Crippen molar-refractivity contribution >= 4 is 17.6 Å². The molecule has 2 heterocycles. The minimum atomic E-state index is -1.02. The maximum Gasteiger partial charge on any atom is 0.310 e. The Bertz CT molecular complexity index is 627. The third kappa shape index (κ3) is 2.46. The molecule has 2 bridgehead atoms. The van der Waals surface area contributed by atoms with Crippen LogP contribution < -0.4 is 10.1 Å². The number of carbonyl (C=O) groups is 2. The van der Waals surface area contributed by atoms with Gasteiger partial charge in [-0.05, 0) is 19.1 Å². The zero-order chi connectivity index (χ0) is 15.7. The van der Waals surface area contributed by atoms with Crippen molar-refractivity contribution in [1.29, 1.82) is 0 Å². The number of hydrogen-bond donors (Lipinski definition) is 2. The molecule has 0 radical (unpaired) electrons. The first-order valence-corrected chi connectivity index (χ1v) is 7.21. The molecule has 1 aromatic rings. The highest BCUT2D eigenvalue weighted by Crippen LogP contribution is 2.40. The van der Waals surface area contributed by atoms with Gasteiger partial charge in [0.15, 0.2) is 0 Å². The number of anilines is 1. The van der Waals surface area contributed by atoms with Crippen molar-refractivity contribution < 1.29 is 24.2 Å². The lowest BCUT2D eigenvalue weighted by Crippen LogP contribution is -2.39. The average Bonchev–Trinajstić information content (AvgIpc) is 3.10. The number of aliphatic carboxylic acids is 1. The maximum atomic E-state index is 12.5. The van der Waals surface area contributed by atoms with Crippen LogP contribution in [0.15, 0.2) is 36.4 Å². The van der Waals surface area contributed by atoms with E-state index in [0.717, 1.165) is 0 Å². The lowest BCUT2D eigenvalue weighted by atomic mass is 9.82. The highest BCUT2D eigenvalue weighted by Gasteiger charge is 2.53. The lowest BCUT2D eigenvalue weighted by molar-refractivity contribution is -0.145. The second-order valence-corrected chi connectivity index (χ2v) is 5.26. The molecule has 1 fully saturated rings. The number of fused-ring (bicyclic) bond motifs is 2. The van der Waals surface area contributed by atoms with Gasteiger partial charge in [-0.3, -0.25) is 9.59 Å². The molecule has 3 rings (SSSR count). The van der Waals surface area contributed by atoms with Gasteiger partial charge in [0.05, 0.1) is 30.4 Å². The van der Waals surface area contributed by atoms with Crippen molar-refractivity contribution in [2.45, 2.75) is 19.1 Å². The average molecular weight is 303 g/mol. The van der Waals surface area contributed by atoms with Crippen LogP contribution in [0.4, 0.5) is 5.69 Å². The van der Waals surface area contributed by atoms with Crippen LogP contribution in [0.3, 0.4) is 0 Å². The fourth-order valence-electron chi connectivity index (χ4n) is 2.98. The van der Waals surface area contributed by atoms with Gasteiger partial charge in [-0.15, -0.1) is 0 Å². The van der Waals surface area contributed by atoms with Crippen LogP contribution in [-0.2, 0) is 14.3 Å². The number of rotatable bonds is 5. The second kappa shape index (κ2) is 5.81. The predicted molar refractivity (Wildman–Crippen MR) is 78.7 cm³/mol. The van der Waals surface area contributed by atoms with Gasteiger partial charge in [-0.25, -0.2) is 0 Å². The summed E-state index contributed by atoms with van der Waals surface area (Å²) in [5.41, 5.74) is 0.533. The molecule has 6 nitrogen and oxygen atoms in total. The maximum absolute atomic E-state index is 12.5. The number of ether oxygens (including phenoxy) is 2. The zero-order valence-electron chi connectivity index (χ0n) is 12.1. The van der Waals surface area contributed by atoms with Gasteiger partial charge in [-0.1, -0.05) is 24.3 Å². The summed E-state index contributed by atoms with van der Waals surface area (Å²) in [5, 5.41) is 12.1. The van der Waals surface area contributed by atoms with Gasteiger partial charge in [0.2, 0.25) is 5.91 Å². The Morgan fingerprint density at radius 1 is 1.23 bits per heavy atom. The van der Waals surface area contributed by atoms with Gasteiger partial charge < -0.3 is 19.9 Å². The first-order chi connectivity index (χ1) is 10.6. The highest BCUT2D eigenvalue weighted by atomic mass is 16.5. The monoisotopic (exact) mass is 303 g/mol. The molecular weight excluding hydrogens is 286 g/mol. The molecule has 22 heavy (non-hydrogen) atoms. The van der Waals surface area contributed by atoms with E-state index >= 15 is 0 Å². The molecule has 2 N–H and O–H groups in total. The molecule has 0 saturated carbocycles. The van der Waals surface area contributed by atoms with Crippen molar-refractivity contribution in [1.82, 2.24) is 0 Å². The largest absolute Gasteiger partial charge is 0.492 e. The van der Waals surface area contributed by atoms with E-state index in [4.69, 9.17) is 9.47 Å². The van der Waals surface area contributed by atoms with E-state index in [2.05, 4.69) is 5.32 Å². The summed E-state index contributed by atoms with van der Waals surface area (Å²) < 4.78 is 11.0. The Morgan fingerprint density at radius 3 is 2.59 bits per heavy atom. The van der Waals surface area contributed by atoms with Crippen LogP contribution in [0.1, 0.15) is 6.92 Å². The summed E-state index contributed by atoms with van der Waals surface area (Å²) in [6.45, 7) is 2.33. The summed E-state index contributed by atoms with van der Waals surface area (Å²) in [5.74, 6) is -2.41. The normalized spacial score (nSPS) is 28.6. The van der Waals surface area contributed by atoms with E-state index in [-0.39, 0.29) is 5.91 Å². The van der Waals surface area contributed by atoms with Crippen molar-refractivity contribution in [3.63, 3.8) is 0 Å². The topological polar surface area (TPSA) is 84.9 Å². The Balaban J connectivity index is 1.80. The molecule has 4 atom stereocenters. The summed E-state index contributed by atoms with van der Waals surface area (Å²) in [6, 6.07) is 7.07. The molecule has 0 aliphatic carbocycles. The Morgan fingerprint density at radius 2 is 1.91 bits per heavy atom. The van der Waals surface area contributed by atoms with Gasteiger partial charge in [0.1, 0.15) is 11.7 Å². The number of carboxylic acids is 1. The molecule has 0 aromatic heterocycles. The van der Waals surface area contributed by atoms with Crippen molar-refractivity contribution in [3.8, 4) is 5.75 Å². The molecule has 2 aliphatic rings. The van der Waals surface area contributed by atoms with Gasteiger partial charge in [0, 0.05) is 0 Å². The molecule has 1 aromatic carbocycles. The molecule has 1 saturated heterocycles. The summed E-state index contributed by atoms with van der Waals surface area (Å²) in [7, 11) is 0. The fourth-order valence-corrected chi connectivity index (χ4v) is 2.98. The minimum absolute atomic E-state index is 0.364. The number of benzene rings is 1. The highest BCUT2D eigenvalue weighted by molar-refractivity contribution is 5.97. The molecule has 0 unspecified atom stereocenters. The van der Waals surface area contributed by atoms with E-state index in [9.17, 15) is 14.7 Å². The van der Waals surface area contributed by atoms with Crippen LogP contribution in [0, 0.1) is 11.8 Å². The Kier molecular flexibility index (Phi) is 3.85. The number of amides is 1. The minimum Gasteiger partial charge on any atom is -0.492 e. The lowest BCUT2D eigenvalue weighted by Gasteiger charge is -2.21. The van der Waals surface area contributed by atoms with Crippen LogP contribution >= 0.6 is 0 Å². The quantitative estimate of drug-likeness (QED) is 0.808. The van der Waals surface area contributed by atoms with E-state index in [1.165, 1.54) is 0 Å². The van der Waals surface area contributed by atoms with Crippen LogP contribution in [0.25, 0.3) is 0 Å². The summed E-state index contributed by atoms with van der Waals surface area (Å²) in [6.07, 6.45) is 2.45. The van der Waals surface area contributed by atoms with Gasteiger partial charge >= 0.3 is 5.97 Å². The smallest absolute Gasteiger partial charge is 0.310 e. The Labute approximate surface area is 127 Å². The van der Waals surface area contributed by atoms with Crippen LogP contribution in [-0.4, -0.2) is 35.8 Å². The molecule has 0 spiro atoms. The SMILES string of the molecule is CCOc1ccccc1NC(=O)[C@H]1[C@H](C(=O)O)[C@H]2C=C[C@H]1O2. The summed E-state index contributed by atoms with van der Waals surface area (Å²) in [4.78, 5) is 23.9. The van der Waals surface area contributed by atoms with Gasteiger partial charge in [0.25, 0.3) is 0 Å². The van der Waals surface area contributed by atoms with Crippen molar-refractivity contribution in [2.75, 3.05) is 11.9 Å². The van der Waals surface area contributed by atoms with Crippen LogP contribution in [0.2, 0.25) is 0 Å². The first-order valence-electron chi connectivity index (χ1n) is 7.21. The Hall–Kier alpha value is -2.34. The standard InChI is InChI=1S/C16H17NO5/c1-2-21-10-6-4-3-5-9(10)17-15(18)13-11-7-8-12(22-11)14(13)16(19)20/h3-8,11-14H,2H2,1H3,(H,17,18)(H,19,20)/t11-,12-,13-,14-/m1/s1. The molecule has 2 aliphatic heterocycles. The number of nitrogens with one attached hydrogen (secondary N) is 1. The summed E-state index contributed by atoms with van der Waals surface area (Å²) >= 11 is 0. The van der Waals surface area contributed by atoms with Crippen molar-refractivity contribution in [3.05, 3.63) is 36.4 Å². The predicted octanol–water partition coefficient (Wildman–Crippen LogP) is 1.68. The van der Waals surface area contributed by atoms with E-state index in [1.807, 2.05) is 13.0 Å². The van der Waals surface area contributed by atoms with Crippen molar-refractivity contribution in [2.24, 2.45) is 11.8 Å². The third-order valence-corrected chi connectivity index (χ3v) is 3.93. The van der Waals surface area contributed by atoms with Gasteiger partial charge in [-0.2, -0.15) is 0 Å². The molecular formula is C16H17NO5. The number of carboxylic acid groups (broad SMARTS) is 1. The third-order valence-electron chi connectivity index (χ3n) is 3.93. The van der Waals surface area contributed by atoms with Crippen LogP contribution in [0.5, 0.6) is 5.75 Å². The number of para-hydroxylation sites is 2. The fraction of sp³-hybridized carbons (Fsp3) is 0.375. The molecule has 116 valence electrons. The molecule has 6 heteroatoms. The number of carbonyl (C=O) groups excluding carboxylic acids is 1. The first kappa shape index (κ1) is 14.6. The molecule has 1 amide bonds. The number of hydrogen-bond acceptors (Lipinski definition) is 4.